The Morgan fingerprint density at radius 3 is 2.11 bits per heavy atom. The standard InChI is InChI=1S/C32H29N3O2S/c1-3-21(2)25-16-19-28-27(20-25)34-31(37-28)24-14-17-26(18-15-24)33-32(38)35-30(36)29(22-10-6-4-7-11-22)23-12-8-5-9-13-23/h4-21,29H,3H2,1-2H3,(H2,33,35,36,38). The smallest absolute Gasteiger partial charge is 0.238 e. The largest absolute Gasteiger partial charge is 0.436 e. The van der Waals surface area contributed by atoms with E-state index in [1.54, 1.807) is 0 Å². The van der Waals surface area contributed by atoms with Crippen LogP contribution in [0.25, 0.3) is 22.6 Å². The molecule has 6 heteroatoms. The van der Waals surface area contributed by atoms with Gasteiger partial charge in [0.25, 0.3) is 0 Å². The Labute approximate surface area is 227 Å². The minimum absolute atomic E-state index is 0.195. The van der Waals surface area contributed by atoms with Crippen LogP contribution in [0.2, 0.25) is 0 Å². The Kier molecular flexibility index (Phi) is 7.61. The lowest BCUT2D eigenvalue weighted by Crippen LogP contribution is -2.37. The van der Waals surface area contributed by atoms with Crippen LogP contribution in [0.4, 0.5) is 5.69 Å². The van der Waals surface area contributed by atoms with Crippen LogP contribution in [0.5, 0.6) is 0 Å². The van der Waals surface area contributed by atoms with Gasteiger partial charge in [0, 0.05) is 11.3 Å². The highest BCUT2D eigenvalue weighted by Crippen LogP contribution is 2.29. The summed E-state index contributed by atoms with van der Waals surface area (Å²) in [5.74, 6) is 0.376. The summed E-state index contributed by atoms with van der Waals surface area (Å²) in [4.78, 5) is 18.0. The van der Waals surface area contributed by atoms with Gasteiger partial charge in [0.05, 0.1) is 5.92 Å². The Balaban J connectivity index is 1.27. The van der Waals surface area contributed by atoms with Gasteiger partial charge >= 0.3 is 0 Å². The Morgan fingerprint density at radius 2 is 1.50 bits per heavy atom. The summed E-state index contributed by atoms with van der Waals surface area (Å²) in [5, 5.41) is 6.21. The number of nitrogens with one attached hydrogen (secondary N) is 2. The van der Waals surface area contributed by atoms with Crippen LogP contribution in [0, 0.1) is 0 Å². The zero-order valence-corrected chi connectivity index (χ0v) is 22.2. The average molecular weight is 520 g/mol. The van der Waals surface area contributed by atoms with Crippen molar-refractivity contribution in [3.05, 3.63) is 120 Å². The number of aromatic nitrogens is 1. The van der Waals surface area contributed by atoms with Gasteiger partial charge in [-0.3, -0.25) is 4.79 Å². The maximum absolute atomic E-state index is 13.3. The molecule has 0 aliphatic rings. The van der Waals surface area contributed by atoms with Crippen molar-refractivity contribution in [1.82, 2.24) is 10.3 Å². The summed E-state index contributed by atoms with van der Waals surface area (Å²) in [5.41, 5.74) is 6.30. The Hall–Kier alpha value is -4.29. The second-order valence-electron chi connectivity index (χ2n) is 9.33. The van der Waals surface area contributed by atoms with E-state index in [0.717, 1.165) is 39.9 Å². The number of anilines is 1. The van der Waals surface area contributed by atoms with Gasteiger partial charge in [0.1, 0.15) is 5.52 Å². The van der Waals surface area contributed by atoms with Crippen LogP contribution in [0.15, 0.2) is 108 Å². The highest BCUT2D eigenvalue weighted by atomic mass is 32.1. The molecule has 190 valence electrons. The molecule has 0 bridgehead atoms. The molecule has 0 radical (unpaired) electrons. The second kappa shape index (κ2) is 11.4. The number of fused-ring (bicyclic) bond motifs is 1. The van der Waals surface area contributed by atoms with Crippen LogP contribution in [0.3, 0.4) is 0 Å². The maximum Gasteiger partial charge on any atom is 0.238 e. The molecule has 0 spiro atoms. The molecular formula is C32H29N3O2S. The lowest BCUT2D eigenvalue weighted by molar-refractivity contribution is -0.120. The summed E-state index contributed by atoms with van der Waals surface area (Å²) in [6.07, 6.45) is 1.08. The molecule has 1 amide bonds. The van der Waals surface area contributed by atoms with Gasteiger partial charge in [0.15, 0.2) is 10.7 Å². The molecule has 5 rings (SSSR count). The lowest BCUT2D eigenvalue weighted by Gasteiger charge is -2.18. The summed E-state index contributed by atoms with van der Waals surface area (Å²) < 4.78 is 5.99. The molecule has 1 aromatic heterocycles. The number of thiocarbonyl (C=S) groups is 1. The fourth-order valence-corrected chi connectivity index (χ4v) is 4.66. The van der Waals surface area contributed by atoms with Crippen molar-refractivity contribution in [3.63, 3.8) is 0 Å². The molecule has 5 aromatic rings. The van der Waals surface area contributed by atoms with E-state index in [4.69, 9.17) is 21.6 Å². The zero-order chi connectivity index (χ0) is 26.5. The highest BCUT2D eigenvalue weighted by molar-refractivity contribution is 7.80. The van der Waals surface area contributed by atoms with Crippen LogP contribution >= 0.6 is 12.2 Å². The van der Waals surface area contributed by atoms with E-state index < -0.39 is 5.92 Å². The quantitative estimate of drug-likeness (QED) is 0.216. The predicted octanol–water partition coefficient (Wildman–Crippen LogP) is 7.65. The van der Waals surface area contributed by atoms with E-state index in [1.165, 1.54) is 5.56 Å². The van der Waals surface area contributed by atoms with Gasteiger partial charge in [-0.1, -0.05) is 80.6 Å². The predicted molar refractivity (Wildman–Crippen MR) is 157 cm³/mol. The Morgan fingerprint density at radius 1 is 0.868 bits per heavy atom. The first kappa shape index (κ1) is 25.4. The van der Waals surface area contributed by atoms with Gasteiger partial charge in [-0.05, 0) is 77.6 Å². The third-order valence-electron chi connectivity index (χ3n) is 6.75. The minimum Gasteiger partial charge on any atom is -0.436 e. The monoisotopic (exact) mass is 519 g/mol. The van der Waals surface area contributed by atoms with Gasteiger partial charge in [-0.15, -0.1) is 0 Å². The molecule has 0 fully saturated rings. The minimum atomic E-state index is -0.473. The SMILES string of the molecule is CCC(C)c1ccc2oc(-c3ccc(NC(=S)NC(=O)C(c4ccccc4)c4ccccc4)cc3)nc2c1. The van der Waals surface area contributed by atoms with Gasteiger partial charge in [0.2, 0.25) is 11.8 Å². The van der Waals surface area contributed by atoms with Crippen LogP contribution in [-0.2, 0) is 4.79 Å². The maximum atomic E-state index is 13.3. The molecule has 0 aliphatic heterocycles. The van der Waals surface area contributed by atoms with E-state index in [9.17, 15) is 4.79 Å². The van der Waals surface area contributed by atoms with E-state index in [-0.39, 0.29) is 11.0 Å². The first-order valence-electron chi connectivity index (χ1n) is 12.7. The van der Waals surface area contributed by atoms with Crippen molar-refractivity contribution in [2.24, 2.45) is 0 Å². The number of carbonyl (C=O) groups excluding carboxylic acids is 1. The highest BCUT2D eigenvalue weighted by Gasteiger charge is 2.23. The fraction of sp³-hybridized carbons (Fsp3) is 0.156. The van der Waals surface area contributed by atoms with Crippen LogP contribution < -0.4 is 10.6 Å². The summed E-state index contributed by atoms with van der Waals surface area (Å²) in [6, 6.07) is 33.2. The number of oxazole rings is 1. The number of carbonyl (C=O) groups is 1. The molecule has 1 atom stereocenters. The van der Waals surface area contributed by atoms with Crippen molar-refractivity contribution in [3.8, 4) is 11.5 Å². The average Bonchev–Trinajstić information content (AvgIpc) is 3.38. The van der Waals surface area contributed by atoms with E-state index >= 15 is 0 Å². The van der Waals surface area contributed by atoms with Gasteiger partial charge < -0.3 is 15.1 Å². The third-order valence-corrected chi connectivity index (χ3v) is 6.95. The topological polar surface area (TPSA) is 67.2 Å². The summed E-state index contributed by atoms with van der Waals surface area (Å²) in [7, 11) is 0. The molecule has 2 N–H and O–H groups in total. The molecular weight excluding hydrogens is 490 g/mol. The number of hydrogen-bond acceptors (Lipinski definition) is 4. The normalized spacial score (nSPS) is 11.9. The molecule has 5 nitrogen and oxygen atoms in total. The van der Waals surface area contributed by atoms with Gasteiger partial charge in [-0.2, -0.15) is 0 Å². The first-order chi connectivity index (χ1) is 18.5. The summed E-state index contributed by atoms with van der Waals surface area (Å²) in [6.45, 7) is 4.39. The third kappa shape index (κ3) is 5.66. The van der Waals surface area contributed by atoms with Crippen LogP contribution in [-0.4, -0.2) is 16.0 Å². The molecule has 0 saturated heterocycles. The number of rotatable bonds is 7. The first-order valence-corrected chi connectivity index (χ1v) is 13.2. The van der Waals surface area contributed by atoms with Crippen molar-refractivity contribution in [1.29, 1.82) is 0 Å². The molecule has 38 heavy (non-hydrogen) atoms. The van der Waals surface area contributed by atoms with E-state index in [2.05, 4.69) is 36.6 Å². The molecule has 4 aromatic carbocycles. The van der Waals surface area contributed by atoms with Crippen molar-refractivity contribution in [2.75, 3.05) is 5.32 Å². The lowest BCUT2D eigenvalue weighted by atomic mass is 9.90. The zero-order valence-electron chi connectivity index (χ0n) is 21.3. The van der Waals surface area contributed by atoms with Crippen LogP contribution in [0.1, 0.15) is 48.8 Å². The Bertz CT molecular complexity index is 1510. The molecule has 0 saturated carbocycles. The van der Waals surface area contributed by atoms with E-state index in [0.29, 0.717) is 11.8 Å². The van der Waals surface area contributed by atoms with E-state index in [1.807, 2.05) is 91.0 Å². The fourth-order valence-electron chi connectivity index (χ4n) is 4.44. The molecule has 1 unspecified atom stereocenters. The number of amides is 1. The summed E-state index contributed by atoms with van der Waals surface area (Å²) >= 11 is 5.47. The van der Waals surface area contributed by atoms with Crippen molar-refractivity contribution in [2.45, 2.75) is 32.1 Å². The molecule has 0 aliphatic carbocycles. The number of benzene rings is 4. The van der Waals surface area contributed by atoms with Gasteiger partial charge in [-0.25, -0.2) is 4.98 Å². The second-order valence-corrected chi connectivity index (χ2v) is 9.74. The number of nitrogens with zero attached hydrogens (tertiary/aromatic N) is 1. The van der Waals surface area contributed by atoms with Crippen molar-refractivity contribution < 1.29 is 9.21 Å². The molecule has 1 heterocycles. The number of hydrogen-bond donors (Lipinski definition) is 2. The van der Waals surface area contributed by atoms with Crippen molar-refractivity contribution >= 4 is 40.0 Å².